The molecule has 1 amide bonds. The van der Waals surface area contributed by atoms with Gasteiger partial charge in [-0.15, -0.1) is 0 Å². The first-order valence-corrected chi connectivity index (χ1v) is 12.0. The second kappa shape index (κ2) is 10.5. The van der Waals surface area contributed by atoms with E-state index < -0.39 is 4.92 Å². The normalized spacial score (nSPS) is 11.1. The highest BCUT2D eigenvalue weighted by Gasteiger charge is 2.17. The SMILES string of the molecule is CCOc1ccc2ccccc2c1C(=O)NCCn1ncc2c(=O)n(Cc3cccc([N+](=O)[O-])c3)cnc21. The molecule has 5 rings (SSSR count). The molecule has 0 aliphatic rings. The van der Waals surface area contributed by atoms with Gasteiger partial charge in [0.2, 0.25) is 0 Å². The molecule has 0 radical (unpaired) electrons. The summed E-state index contributed by atoms with van der Waals surface area (Å²) in [7, 11) is 0. The second-order valence-corrected chi connectivity index (χ2v) is 8.56. The molecule has 0 spiro atoms. The molecule has 0 unspecified atom stereocenters. The average molecular weight is 513 g/mol. The van der Waals surface area contributed by atoms with Crippen LogP contribution in [0.25, 0.3) is 21.8 Å². The van der Waals surface area contributed by atoms with Crippen LogP contribution in [0.3, 0.4) is 0 Å². The van der Waals surface area contributed by atoms with Crippen LogP contribution in [0.1, 0.15) is 22.8 Å². The van der Waals surface area contributed by atoms with E-state index in [1.807, 2.05) is 37.3 Å². The van der Waals surface area contributed by atoms with Gasteiger partial charge in [0.25, 0.3) is 17.2 Å². The summed E-state index contributed by atoms with van der Waals surface area (Å²) in [5, 5.41) is 20.3. The van der Waals surface area contributed by atoms with E-state index >= 15 is 0 Å². The second-order valence-electron chi connectivity index (χ2n) is 8.56. The van der Waals surface area contributed by atoms with E-state index in [0.717, 1.165) is 10.8 Å². The molecule has 0 fully saturated rings. The Morgan fingerprint density at radius 1 is 1.11 bits per heavy atom. The lowest BCUT2D eigenvalue weighted by atomic mass is 10.0. The van der Waals surface area contributed by atoms with E-state index in [9.17, 15) is 19.7 Å². The van der Waals surface area contributed by atoms with Crippen molar-refractivity contribution in [3.8, 4) is 5.75 Å². The van der Waals surface area contributed by atoms with Crippen molar-refractivity contribution in [1.29, 1.82) is 0 Å². The number of nitro groups is 1. The lowest BCUT2D eigenvalue weighted by Crippen LogP contribution is -2.28. The minimum Gasteiger partial charge on any atom is -0.493 e. The third kappa shape index (κ3) is 4.81. The summed E-state index contributed by atoms with van der Waals surface area (Å²) in [6.45, 7) is 2.98. The fourth-order valence-corrected chi connectivity index (χ4v) is 4.36. The monoisotopic (exact) mass is 512 g/mol. The number of ether oxygens (including phenoxy) is 1. The third-order valence-electron chi connectivity index (χ3n) is 6.12. The number of fused-ring (bicyclic) bond motifs is 2. The van der Waals surface area contributed by atoms with Crippen LogP contribution < -0.4 is 15.6 Å². The molecular formula is C27H24N6O5. The van der Waals surface area contributed by atoms with Crippen molar-refractivity contribution >= 4 is 33.4 Å². The maximum atomic E-state index is 13.2. The molecule has 0 atom stereocenters. The molecule has 38 heavy (non-hydrogen) atoms. The first-order chi connectivity index (χ1) is 18.5. The van der Waals surface area contributed by atoms with Crippen molar-refractivity contribution in [2.45, 2.75) is 20.0 Å². The maximum absolute atomic E-state index is 13.2. The fraction of sp³-hybridized carbons (Fsp3) is 0.185. The molecule has 5 aromatic rings. The van der Waals surface area contributed by atoms with Crippen LogP contribution in [0, 0.1) is 10.1 Å². The maximum Gasteiger partial charge on any atom is 0.269 e. The third-order valence-corrected chi connectivity index (χ3v) is 6.12. The minimum absolute atomic E-state index is 0.0451. The molecule has 0 aliphatic carbocycles. The van der Waals surface area contributed by atoms with Crippen LogP contribution in [-0.2, 0) is 13.1 Å². The Hall–Kier alpha value is -5.06. The highest BCUT2D eigenvalue weighted by Crippen LogP contribution is 2.28. The topological polar surface area (TPSA) is 134 Å². The Morgan fingerprint density at radius 3 is 2.76 bits per heavy atom. The minimum atomic E-state index is -0.478. The summed E-state index contributed by atoms with van der Waals surface area (Å²) in [6, 6.07) is 17.4. The van der Waals surface area contributed by atoms with Crippen LogP contribution in [0.15, 0.2) is 78.0 Å². The smallest absolute Gasteiger partial charge is 0.269 e. The van der Waals surface area contributed by atoms with Gasteiger partial charge in [-0.05, 0) is 29.3 Å². The van der Waals surface area contributed by atoms with Crippen molar-refractivity contribution in [2.75, 3.05) is 13.2 Å². The number of nitrogens with zero attached hydrogens (tertiary/aromatic N) is 5. The Kier molecular flexibility index (Phi) is 6.81. The zero-order valence-corrected chi connectivity index (χ0v) is 20.5. The van der Waals surface area contributed by atoms with Crippen molar-refractivity contribution in [3.63, 3.8) is 0 Å². The molecular weight excluding hydrogens is 488 g/mol. The molecule has 0 saturated heterocycles. The molecule has 1 N–H and O–H groups in total. The summed E-state index contributed by atoms with van der Waals surface area (Å²) < 4.78 is 8.64. The number of carbonyl (C=O) groups excluding carboxylic acids is 1. The van der Waals surface area contributed by atoms with Crippen molar-refractivity contribution in [1.82, 2.24) is 24.6 Å². The van der Waals surface area contributed by atoms with Crippen LogP contribution in [0.4, 0.5) is 5.69 Å². The number of aromatic nitrogens is 4. The highest BCUT2D eigenvalue weighted by atomic mass is 16.6. The molecule has 2 heterocycles. The Bertz CT molecular complexity index is 1720. The van der Waals surface area contributed by atoms with Gasteiger partial charge < -0.3 is 10.1 Å². The number of nitrogens with one attached hydrogen (secondary N) is 1. The first-order valence-electron chi connectivity index (χ1n) is 12.0. The van der Waals surface area contributed by atoms with Crippen LogP contribution in [0.2, 0.25) is 0 Å². The van der Waals surface area contributed by atoms with Crippen molar-refractivity contribution in [3.05, 3.63) is 105 Å². The standard InChI is InChI=1S/C27H24N6O5/c1-2-38-23-11-10-19-7-3-4-9-21(19)24(23)26(34)28-12-13-32-25-22(15-30-32)27(35)31(17-29-25)16-18-6-5-8-20(14-18)33(36)37/h3-11,14-15,17H,2,12-13,16H2,1H3,(H,28,34). The van der Waals surface area contributed by atoms with Crippen molar-refractivity contribution < 1.29 is 14.5 Å². The zero-order valence-electron chi connectivity index (χ0n) is 20.5. The number of benzene rings is 3. The van der Waals surface area contributed by atoms with Gasteiger partial charge in [0.1, 0.15) is 17.5 Å². The fourth-order valence-electron chi connectivity index (χ4n) is 4.36. The first kappa shape index (κ1) is 24.6. The van der Waals surface area contributed by atoms with Gasteiger partial charge in [0.05, 0.1) is 36.4 Å². The number of amides is 1. The molecule has 0 bridgehead atoms. The summed E-state index contributed by atoms with van der Waals surface area (Å²) >= 11 is 0. The lowest BCUT2D eigenvalue weighted by Gasteiger charge is -2.13. The summed E-state index contributed by atoms with van der Waals surface area (Å²) in [5.74, 6) is 0.244. The van der Waals surface area contributed by atoms with Gasteiger partial charge >= 0.3 is 0 Å². The zero-order chi connectivity index (χ0) is 26.6. The van der Waals surface area contributed by atoms with Crippen LogP contribution in [0.5, 0.6) is 5.75 Å². The molecule has 0 aliphatic heterocycles. The molecule has 11 nitrogen and oxygen atoms in total. The number of hydrogen-bond acceptors (Lipinski definition) is 7. The Labute approximate surface area is 216 Å². The van der Waals surface area contributed by atoms with Crippen LogP contribution >= 0.6 is 0 Å². The number of hydrogen-bond donors (Lipinski definition) is 1. The van der Waals surface area contributed by atoms with E-state index in [2.05, 4.69) is 15.4 Å². The van der Waals surface area contributed by atoms with Gasteiger partial charge in [0.15, 0.2) is 5.65 Å². The number of non-ortho nitro benzene ring substituents is 1. The van der Waals surface area contributed by atoms with Gasteiger partial charge in [-0.25, -0.2) is 9.67 Å². The summed E-state index contributed by atoms with van der Waals surface area (Å²) in [4.78, 5) is 41.1. The molecule has 192 valence electrons. The summed E-state index contributed by atoms with van der Waals surface area (Å²) in [6.07, 6.45) is 2.83. The quantitative estimate of drug-likeness (QED) is 0.236. The molecule has 11 heteroatoms. The predicted molar refractivity (Wildman–Crippen MR) is 141 cm³/mol. The van der Waals surface area contributed by atoms with Gasteiger partial charge in [-0.1, -0.05) is 42.5 Å². The van der Waals surface area contributed by atoms with E-state index in [1.54, 1.807) is 22.9 Å². The van der Waals surface area contributed by atoms with Crippen molar-refractivity contribution in [2.24, 2.45) is 0 Å². The van der Waals surface area contributed by atoms with Gasteiger partial charge in [0, 0.05) is 18.7 Å². The van der Waals surface area contributed by atoms with E-state index in [1.165, 1.54) is 29.2 Å². The number of rotatable bonds is 9. The van der Waals surface area contributed by atoms with E-state index in [-0.39, 0.29) is 30.2 Å². The Morgan fingerprint density at radius 2 is 1.95 bits per heavy atom. The average Bonchev–Trinajstić information content (AvgIpc) is 3.34. The van der Waals surface area contributed by atoms with Crippen LogP contribution in [-0.4, -0.2) is 43.3 Å². The Balaban J connectivity index is 1.32. The molecule has 2 aromatic heterocycles. The molecule has 3 aromatic carbocycles. The van der Waals surface area contributed by atoms with E-state index in [4.69, 9.17) is 4.74 Å². The van der Waals surface area contributed by atoms with E-state index in [0.29, 0.717) is 41.1 Å². The largest absolute Gasteiger partial charge is 0.493 e. The highest BCUT2D eigenvalue weighted by molar-refractivity contribution is 6.09. The van der Waals surface area contributed by atoms with Gasteiger partial charge in [-0.3, -0.25) is 24.3 Å². The number of nitro benzene ring substituents is 1. The molecule has 0 saturated carbocycles. The van der Waals surface area contributed by atoms with Gasteiger partial charge in [-0.2, -0.15) is 5.10 Å². The summed E-state index contributed by atoms with van der Waals surface area (Å²) in [5.41, 5.74) is 1.11. The lowest BCUT2D eigenvalue weighted by molar-refractivity contribution is -0.384. The number of carbonyl (C=O) groups is 1. The predicted octanol–water partition coefficient (Wildman–Crippen LogP) is 3.53.